The van der Waals surface area contributed by atoms with E-state index in [0.29, 0.717) is 17.3 Å². The van der Waals surface area contributed by atoms with Gasteiger partial charge in [0.1, 0.15) is 10.7 Å². The van der Waals surface area contributed by atoms with Crippen molar-refractivity contribution in [2.75, 3.05) is 6.54 Å². The van der Waals surface area contributed by atoms with E-state index in [1.54, 1.807) is 29.5 Å². The third kappa shape index (κ3) is 5.30. The molecule has 2 aromatic carbocycles. The number of hydrogen-bond donors (Lipinski definition) is 1. The van der Waals surface area contributed by atoms with E-state index in [-0.39, 0.29) is 24.4 Å². The molecule has 4 aromatic rings. The molecule has 6 nitrogen and oxygen atoms in total. The maximum atomic E-state index is 12.3. The highest BCUT2D eigenvalue weighted by Gasteiger charge is 2.14. The van der Waals surface area contributed by atoms with Crippen molar-refractivity contribution in [3.05, 3.63) is 93.4 Å². The Labute approximate surface area is 194 Å². The van der Waals surface area contributed by atoms with Gasteiger partial charge in [0.25, 0.3) is 5.56 Å². The van der Waals surface area contributed by atoms with Gasteiger partial charge in [-0.2, -0.15) is 5.10 Å². The Morgan fingerprint density at radius 2 is 1.81 bits per heavy atom. The number of nitrogens with zero attached hydrogens (tertiary/aromatic N) is 3. The summed E-state index contributed by atoms with van der Waals surface area (Å²) in [5, 5.41) is 8.89. The minimum absolute atomic E-state index is 0.123. The molecule has 32 heavy (non-hydrogen) atoms. The van der Waals surface area contributed by atoms with E-state index in [1.165, 1.54) is 10.7 Å². The van der Waals surface area contributed by atoms with Crippen molar-refractivity contribution >= 4 is 28.8 Å². The van der Waals surface area contributed by atoms with Crippen LogP contribution in [-0.2, 0) is 17.8 Å². The van der Waals surface area contributed by atoms with Crippen LogP contribution in [0.15, 0.2) is 71.5 Å². The lowest BCUT2D eigenvalue weighted by molar-refractivity contribution is -0.120. The van der Waals surface area contributed by atoms with Crippen LogP contribution in [-0.4, -0.2) is 27.2 Å². The first-order valence-electron chi connectivity index (χ1n) is 10.1. The number of aryl methyl sites for hydroxylation is 1. The Hall–Kier alpha value is -3.29. The second-order valence-corrected chi connectivity index (χ2v) is 8.67. The van der Waals surface area contributed by atoms with Crippen LogP contribution in [0.3, 0.4) is 0 Å². The van der Waals surface area contributed by atoms with Crippen LogP contribution in [0.2, 0.25) is 5.02 Å². The lowest BCUT2D eigenvalue weighted by atomic mass is 10.1. The molecule has 2 heterocycles. The Morgan fingerprint density at radius 3 is 2.56 bits per heavy atom. The first kappa shape index (κ1) is 21.9. The molecular formula is C24H21ClN4O2S. The minimum atomic E-state index is -0.217. The van der Waals surface area contributed by atoms with Crippen molar-refractivity contribution < 1.29 is 4.79 Å². The van der Waals surface area contributed by atoms with Crippen LogP contribution < -0.4 is 10.9 Å². The Morgan fingerprint density at radius 1 is 1.06 bits per heavy atom. The second kappa shape index (κ2) is 9.89. The van der Waals surface area contributed by atoms with Gasteiger partial charge < -0.3 is 5.32 Å². The van der Waals surface area contributed by atoms with E-state index < -0.39 is 0 Å². The molecule has 8 heteroatoms. The summed E-state index contributed by atoms with van der Waals surface area (Å²) < 4.78 is 1.37. The van der Waals surface area contributed by atoms with Crippen LogP contribution in [0.25, 0.3) is 21.1 Å². The van der Waals surface area contributed by atoms with Crippen LogP contribution in [0.1, 0.15) is 11.3 Å². The first-order chi connectivity index (χ1) is 15.5. The number of carbonyl (C=O) groups excluding carboxylic acids is 1. The van der Waals surface area contributed by atoms with Gasteiger partial charge in [0.05, 0.1) is 23.5 Å². The molecule has 0 aliphatic rings. The fourth-order valence-electron chi connectivity index (χ4n) is 3.22. The number of rotatable bonds is 7. The average molecular weight is 465 g/mol. The van der Waals surface area contributed by atoms with Gasteiger partial charge in [-0.05, 0) is 30.7 Å². The monoisotopic (exact) mass is 464 g/mol. The maximum absolute atomic E-state index is 12.3. The van der Waals surface area contributed by atoms with Crippen LogP contribution >= 0.6 is 22.9 Å². The standard InChI is InChI=1S/C24H21ClN4O2S/c1-16-23(32-24(27-16)18-5-3-2-4-6-18)20-11-12-22(31)29(28-20)14-13-26-21(30)15-17-7-9-19(25)10-8-17/h2-12H,13-15H2,1H3,(H,26,30). The van der Waals surface area contributed by atoms with Crippen LogP contribution in [0, 0.1) is 6.92 Å². The molecule has 0 spiro atoms. The summed E-state index contributed by atoms with van der Waals surface area (Å²) in [7, 11) is 0. The molecule has 0 saturated heterocycles. The molecule has 4 rings (SSSR count). The molecule has 1 N–H and O–H groups in total. The molecule has 0 bridgehead atoms. The summed E-state index contributed by atoms with van der Waals surface area (Å²) in [6.07, 6.45) is 0.252. The summed E-state index contributed by atoms with van der Waals surface area (Å²) in [4.78, 5) is 30.0. The van der Waals surface area contributed by atoms with E-state index in [9.17, 15) is 9.59 Å². The predicted octanol–water partition coefficient (Wildman–Crippen LogP) is 4.35. The van der Waals surface area contributed by atoms with Gasteiger partial charge in [-0.15, -0.1) is 11.3 Å². The molecule has 162 valence electrons. The molecule has 0 saturated carbocycles. The normalized spacial score (nSPS) is 10.8. The van der Waals surface area contributed by atoms with Gasteiger partial charge in [-0.25, -0.2) is 9.67 Å². The van der Waals surface area contributed by atoms with Crippen molar-refractivity contribution in [1.29, 1.82) is 0 Å². The summed E-state index contributed by atoms with van der Waals surface area (Å²) >= 11 is 7.41. The topological polar surface area (TPSA) is 76.9 Å². The zero-order chi connectivity index (χ0) is 22.5. The number of halogens is 1. The third-order valence-electron chi connectivity index (χ3n) is 4.84. The Balaban J connectivity index is 1.43. The predicted molar refractivity (Wildman–Crippen MR) is 128 cm³/mol. The van der Waals surface area contributed by atoms with E-state index in [2.05, 4.69) is 15.4 Å². The van der Waals surface area contributed by atoms with Gasteiger partial charge in [0.2, 0.25) is 5.91 Å². The van der Waals surface area contributed by atoms with Gasteiger partial charge in [0.15, 0.2) is 0 Å². The first-order valence-corrected chi connectivity index (χ1v) is 11.3. The maximum Gasteiger partial charge on any atom is 0.266 e. The van der Waals surface area contributed by atoms with E-state index in [1.807, 2.05) is 49.4 Å². The number of hydrogen-bond acceptors (Lipinski definition) is 5. The summed E-state index contributed by atoms with van der Waals surface area (Å²) in [5.41, 5.74) is 3.26. The van der Waals surface area contributed by atoms with Crippen LogP contribution in [0.4, 0.5) is 0 Å². The number of amides is 1. The summed E-state index contributed by atoms with van der Waals surface area (Å²) in [6, 6.07) is 20.3. The summed E-state index contributed by atoms with van der Waals surface area (Å²) in [5.74, 6) is -0.123. The average Bonchev–Trinajstić information content (AvgIpc) is 3.19. The quantitative estimate of drug-likeness (QED) is 0.441. The van der Waals surface area contributed by atoms with Gasteiger partial charge in [0, 0.05) is 23.2 Å². The minimum Gasteiger partial charge on any atom is -0.354 e. The highest BCUT2D eigenvalue weighted by atomic mass is 35.5. The van der Waals surface area contributed by atoms with Gasteiger partial charge in [-0.3, -0.25) is 9.59 Å². The second-order valence-electron chi connectivity index (χ2n) is 7.23. The van der Waals surface area contributed by atoms with Gasteiger partial charge in [-0.1, -0.05) is 54.1 Å². The molecular weight excluding hydrogens is 444 g/mol. The molecule has 0 unspecified atom stereocenters. The molecule has 1 amide bonds. The zero-order valence-corrected chi connectivity index (χ0v) is 19.0. The smallest absolute Gasteiger partial charge is 0.266 e. The Kier molecular flexibility index (Phi) is 6.78. The van der Waals surface area contributed by atoms with Crippen molar-refractivity contribution in [3.8, 4) is 21.1 Å². The lowest BCUT2D eigenvalue weighted by Gasteiger charge is -2.08. The molecule has 2 aromatic heterocycles. The van der Waals surface area contributed by atoms with E-state index >= 15 is 0 Å². The molecule has 0 radical (unpaired) electrons. The summed E-state index contributed by atoms with van der Waals surface area (Å²) in [6.45, 7) is 2.52. The Bertz CT molecular complexity index is 1280. The van der Waals surface area contributed by atoms with E-state index in [0.717, 1.165) is 26.7 Å². The highest BCUT2D eigenvalue weighted by Crippen LogP contribution is 2.33. The third-order valence-corrected chi connectivity index (χ3v) is 6.32. The molecule has 0 aliphatic heterocycles. The van der Waals surface area contributed by atoms with Crippen molar-refractivity contribution in [2.24, 2.45) is 0 Å². The number of nitrogens with one attached hydrogen (secondary N) is 1. The van der Waals surface area contributed by atoms with Gasteiger partial charge >= 0.3 is 0 Å². The number of benzene rings is 2. The molecule has 0 aliphatic carbocycles. The number of carbonyl (C=O) groups is 1. The zero-order valence-electron chi connectivity index (χ0n) is 17.4. The lowest BCUT2D eigenvalue weighted by Crippen LogP contribution is -2.32. The van der Waals surface area contributed by atoms with E-state index in [4.69, 9.17) is 11.6 Å². The van der Waals surface area contributed by atoms with Crippen molar-refractivity contribution in [3.63, 3.8) is 0 Å². The SMILES string of the molecule is Cc1nc(-c2ccccc2)sc1-c1ccc(=O)n(CCNC(=O)Cc2ccc(Cl)cc2)n1. The molecule has 0 fully saturated rings. The van der Waals surface area contributed by atoms with Crippen molar-refractivity contribution in [2.45, 2.75) is 19.9 Å². The van der Waals surface area contributed by atoms with Crippen LogP contribution in [0.5, 0.6) is 0 Å². The largest absolute Gasteiger partial charge is 0.354 e. The number of aromatic nitrogens is 3. The fourth-order valence-corrected chi connectivity index (χ4v) is 4.38. The highest BCUT2D eigenvalue weighted by molar-refractivity contribution is 7.18. The number of thiazole rings is 1. The fraction of sp³-hybridized carbons (Fsp3) is 0.167. The van der Waals surface area contributed by atoms with Crippen molar-refractivity contribution in [1.82, 2.24) is 20.1 Å². The molecule has 0 atom stereocenters.